The number of nitriles is 1. The molecule has 21 heavy (non-hydrogen) atoms. The van der Waals surface area contributed by atoms with Gasteiger partial charge in [-0.05, 0) is 49.6 Å². The predicted molar refractivity (Wildman–Crippen MR) is 83.9 cm³/mol. The van der Waals surface area contributed by atoms with Crippen LogP contribution < -0.4 is 5.32 Å². The van der Waals surface area contributed by atoms with Crippen molar-refractivity contribution in [2.75, 3.05) is 25.0 Å². The molecule has 1 N–H and O–H groups in total. The number of carbonyl (C=O) groups excluding carboxylic acids is 1. The van der Waals surface area contributed by atoms with Gasteiger partial charge in [0.05, 0.1) is 11.6 Å². The van der Waals surface area contributed by atoms with Gasteiger partial charge in [-0.2, -0.15) is 5.26 Å². The maximum atomic E-state index is 12.0. The average molecular weight is 285 g/mol. The molecular formula is C17H23N3O. The number of anilines is 1. The van der Waals surface area contributed by atoms with Crippen LogP contribution in [0.1, 0.15) is 38.2 Å². The molecule has 0 saturated carbocycles. The third kappa shape index (κ3) is 4.87. The van der Waals surface area contributed by atoms with Gasteiger partial charge in [-0.15, -0.1) is 0 Å². The molecule has 1 saturated heterocycles. The lowest BCUT2D eigenvalue weighted by Gasteiger charge is -2.31. The van der Waals surface area contributed by atoms with Gasteiger partial charge in [-0.3, -0.25) is 4.79 Å². The Morgan fingerprint density at radius 3 is 2.86 bits per heavy atom. The Hall–Kier alpha value is -1.86. The maximum absolute atomic E-state index is 12.0. The van der Waals surface area contributed by atoms with Crippen molar-refractivity contribution in [3.63, 3.8) is 0 Å². The first-order valence-electron chi connectivity index (χ1n) is 7.73. The summed E-state index contributed by atoms with van der Waals surface area (Å²) in [6.45, 7) is 5.31. The van der Waals surface area contributed by atoms with Crippen molar-refractivity contribution >= 4 is 11.6 Å². The highest BCUT2D eigenvalue weighted by molar-refractivity contribution is 5.90. The van der Waals surface area contributed by atoms with E-state index < -0.39 is 0 Å². The highest BCUT2D eigenvalue weighted by Crippen LogP contribution is 2.19. The quantitative estimate of drug-likeness (QED) is 0.904. The highest BCUT2D eigenvalue weighted by Gasteiger charge is 2.18. The van der Waals surface area contributed by atoms with Gasteiger partial charge in [-0.1, -0.05) is 13.3 Å². The second-order valence-electron chi connectivity index (χ2n) is 5.70. The van der Waals surface area contributed by atoms with E-state index in [1.54, 1.807) is 24.3 Å². The standard InChI is InChI=1S/C17H23N3O/c1-2-14-4-3-10-20(13-14)11-9-17(21)19-16-7-5-15(12-18)6-8-16/h5-8,14H,2-4,9-11,13H2,1H3,(H,19,21). The summed E-state index contributed by atoms with van der Waals surface area (Å²) in [5, 5.41) is 11.6. The van der Waals surface area contributed by atoms with Gasteiger partial charge in [0.2, 0.25) is 5.91 Å². The summed E-state index contributed by atoms with van der Waals surface area (Å²) >= 11 is 0. The topological polar surface area (TPSA) is 56.1 Å². The number of benzene rings is 1. The third-order valence-electron chi connectivity index (χ3n) is 4.13. The first-order valence-corrected chi connectivity index (χ1v) is 7.73. The van der Waals surface area contributed by atoms with Crippen molar-refractivity contribution in [1.29, 1.82) is 5.26 Å². The fourth-order valence-electron chi connectivity index (χ4n) is 2.80. The first kappa shape index (κ1) is 15.5. The summed E-state index contributed by atoms with van der Waals surface area (Å²) in [6, 6.07) is 9.03. The van der Waals surface area contributed by atoms with Gasteiger partial charge in [0.15, 0.2) is 0 Å². The molecule has 112 valence electrons. The maximum Gasteiger partial charge on any atom is 0.225 e. The molecular weight excluding hydrogens is 262 g/mol. The number of carbonyl (C=O) groups is 1. The number of nitrogens with one attached hydrogen (secondary N) is 1. The summed E-state index contributed by atoms with van der Waals surface area (Å²) in [4.78, 5) is 14.4. The van der Waals surface area contributed by atoms with Gasteiger partial charge in [0, 0.05) is 25.2 Å². The minimum absolute atomic E-state index is 0.0401. The number of piperidine rings is 1. The Morgan fingerprint density at radius 2 is 2.19 bits per heavy atom. The van der Waals surface area contributed by atoms with E-state index in [0.717, 1.165) is 31.2 Å². The molecule has 1 fully saturated rings. The summed E-state index contributed by atoms with van der Waals surface area (Å²) in [6.07, 6.45) is 4.32. The monoisotopic (exact) mass is 285 g/mol. The largest absolute Gasteiger partial charge is 0.326 e. The Bertz CT molecular complexity index is 504. The number of hydrogen-bond acceptors (Lipinski definition) is 3. The van der Waals surface area contributed by atoms with Crippen LogP contribution in [0.15, 0.2) is 24.3 Å². The van der Waals surface area contributed by atoms with Crippen molar-refractivity contribution in [2.24, 2.45) is 5.92 Å². The molecule has 0 spiro atoms. The predicted octanol–water partition coefficient (Wildman–Crippen LogP) is 3.01. The summed E-state index contributed by atoms with van der Waals surface area (Å²) in [7, 11) is 0. The molecule has 1 aromatic carbocycles. The van der Waals surface area contributed by atoms with Crippen LogP contribution in [-0.2, 0) is 4.79 Å². The highest BCUT2D eigenvalue weighted by atomic mass is 16.1. The molecule has 2 rings (SSSR count). The van der Waals surface area contributed by atoms with Crippen molar-refractivity contribution in [3.8, 4) is 6.07 Å². The van der Waals surface area contributed by atoms with Gasteiger partial charge in [-0.25, -0.2) is 0 Å². The van der Waals surface area contributed by atoms with E-state index in [2.05, 4.69) is 23.2 Å². The van der Waals surface area contributed by atoms with E-state index in [-0.39, 0.29) is 5.91 Å². The Morgan fingerprint density at radius 1 is 1.43 bits per heavy atom. The zero-order chi connectivity index (χ0) is 15.1. The second kappa shape index (κ2) is 7.80. The van der Waals surface area contributed by atoms with Crippen LogP contribution in [0.4, 0.5) is 5.69 Å². The van der Waals surface area contributed by atoms with E-state index in [1.807, 2.05) is 0 Å². The molecule has 0 aromatic heterocycles. The smallest absolute Gasteiger partial charge is 0.225 e. The lowest BCUT2D eigenvalue weighted by atomic mass is 9.95. The van der Waals surface area contributed by atoms with Crippen molar-refractivity contribution in [3.05, 3.63) is 29.8 Å². The fourth-order valence-corrected chi connectivity index (χ4v) is 2.80. The van der Waals surface area contributed by atoms with Crippen LogP contribution in [0.3, 0.4) is 0 Å². The summed E-state index contributed by atoms with van der Waals surface area (Å²) < 4.78 is 0. The summed E-state index contributed by atoms with van der Waals surface area (Å²) in [5.41, 5.74) is 1.36. The molecule has 1 atom stereocenters. The number of likely N-dealkylation sites (tertiary alicyclic amines) is 1. The number of rotatable bonds is 5. The Labute approximate surface area is 126 Å². The van der Waals surface area contributed by atoms with Crippen molar-refractivity contribution < 1.29 is 4.79 Å². The SMILES string of the molecule is CCC1CCCN(CCC(=O)Nc2ccc(C#N)cc2)C1. The van der Waals surface area contributed by atoms with E-state index in [9.17, 15) is 4.79 Å². The number of amides is 1. The van der Waals surface area contributed by atoms with E-state index >= 15 is 0 Å². The van der Waals surface area contributed by atoms with E-state index in [1.165, 1.54) is 19.3 Å². The molecule has 1 aliphatic heterocycles. The minimum atomic E-state index is 0.0401. The average Bonchev–Trinajstić information content (AvgIpc) is 2.54. The van der Waals surface area contributed by atoms with E-state index in [4.69, 9.17) is 5.26 Å². The van der Waals surface area contributed by atoms with Crippen molar-refractivity contribution in [1.82, 2.24) is 4.90 Å². The van der Waals surface area contributed by atoms with Crippen LogP contribution in [0.5, 0.6) is 0 Å². The molecule has 0 radical (unpaired) electrons. The molecule has 4 nitrogen and oxygen atoms in total. The molecule has 4 heteroatoms. The first-order chi connectivity index (χ1) is 10.2. The minimum Gasteiger partial charge on any atom is -0.326 e. The van der Waals surface area contributed by atoms with Gasteiger partial charge >= 0.3 is 0 Å². The van der Waals surface area contributed by atoms with E-state index in [0.29, 0.717) is 12.0 Å². The van der Waals surface area contributed by atoms with Crippen LogP contribution >= 0.6 is 0 Å². The zero-order valence-corrected chi connectivity index (χ0v) is 12.6. The van der Waals surface area contributed by atoms with Crippen LogP contribution in [0, 0.1) is 17.2 Å². The molecule has 1 unspecified atom stereocenters. The second-order valence-corrected chi connectivity index (χ2v) is 5.70. The van der Waals surface area contributed by atoms with Gasteiger partial charge in [0.1, 0.15) is 0 Å². The zero-order valence-electron chi connectivity index (χ0n) is 12.6. The molecule has 0 aliphatic carbocycles. The molecule has 1 aromatic rings. The Kier molecular flexibility index (Phi) is 5.77. The fraction of sp³-hybridized carbons (Fsp3) is 0.529. The summed E-state index contributed by atoms with van der Waals surface area (Å²) in [5.74, 6) is 0.832. The van der Waals surface area contributed by atoms with Crippen LogP contribution in [-0.4, -0.2) is 30.4 Å². The lowest BCUT2D eigenvalue weighted by Crippen LogP contribution is -2.37. The van der Waals surface area contributed by atoms with Gasteiger partial charge in [0.25, 0.3) is 0 Å². The third-order valence-corrected chi connectivity index (χ3v) is 4.13. The van der Waals surface area contributed by atoms with Crippen LogP contribution in [0.25, 0.3) is 0 Å². The normalized spacial score (nSPS) is 19.0. The molecule has 1 amide bonds. The molecule has 1 aliphatic rings. The van der Waals surface area contributed by atoms with Crippen LogP contribution in [0.2, 0.25) is 0 Å². The molecule has 0 bridgehead atoms. The Balaban J connectivity index is 1.75. The lowest BCUT2D eigenvalue weighted by molar-refractivity contribution is -0.116. The molecule has 1 heterocycles. The number of nitrogens with zero attached hydrogens (tertiary/aromatic N) is 2. The van der Waals surface area contributed by atoms with Gasteiger partial charge < -0.3 is 10.2 Å². The van der Waals surface area contributed by atoms with Crippen molar-refractivity contribution in [2.45, 2.75) is 32.6 Å². The number of hydrogen-bond donors (Lipinski definition) is 1.